The Labute approximate surface area is 216 Å². The Bertz CT molecular complexity index is 762. The van der Waals surface area contributed by atoms with Crippen molar-refractivity contribution in [2.45, 2.75) is 98.6 Å². The minimum Gasteiger partial charge on any atom is -0.480 e. The minimum absolute atomic E-state index is 0.129. The van der Waals surface area contributed by atoms with Crippen molar-refractivity contribution < 1.29 is 24.2 Å². The smallest absolute Gasteiger partial charge is 0.407 e. The second-order valence-corrected chi connectivity index (χ2v) is 11.1. The number of thioether (sulfide) groups is 1. The van der Waals surface area contributed by atoms with Crippen LogP contribution in [0.1, 0.15) is 87.0 Å². The number of rotatable bonds is 16. The lowest BCUT2D eigenvalue weighted by Gasteiger charge is -2.19. The normalized spacial score (nSPS) is 13.1. The van der Waals surface area contributed by atoms with Crippen LogP contribution in [-0.4, -0.2) is 52.8 Å². The van der Waals surface area contributed by atoms with Crippen LogP contribution < -0.4 is 10.6 Å². The van der Waals surface area contributed by atoms with Crippen LogP contribution in [0, 0.1) is 0 Å². The first-order chi connectivity index (χ1) is 16.3. The molecule has 0 aliphatic heterocycles. The third-order valence-corrected chi connectivity index (χ3v) is 5.81. The highest BCUT2D eigenvalue weighted by molar-refractivity contribution is 7.99. The van der Waals surface area contributed by atoms with Crippen molar-refractivity contribution in [2.75, 3.05) is 18.1 Å². The van der Waals surface area contributed by atoms with Crippen molar-refractivity contribution in [3.8, 4) is 0 Å². The number of carbonyl (C=O) groups excluding carboxylic acids is 2. The SMILES string of the molecule is CC(C)=CCCC(C)=CCCC(C)=CCSC[C@H](NC(=O)CCCNC(=O)OC(C)(C)C)C(=O)O. The van der Waals surface area contributed by atoms with Gasteiger partial charge in [-0.3, -0.25) is 4.79 Å². The average molecular weight is 511 g/mol. The van der Waals surface area contributed by atoms with Gasteiger partial charge in [-0.2, -0.15) is 11.8 Å². The number of allylic oxidation sites excluding steroid dienone is 5. The van der Waals surface area contributed by atoms with E-state index in [4.69, 9.17) is 4.74 Å². The van der Waals surface area contributed by atoms with E-state index in [1.165, 1.54) is 28.5 Å². The molecule has 0 spiro atoms. The maximum Gasteiger partial charge on any atom is 0.407 e. The zero-order chi connectivity index (χ0) is 26.9. The summed E-state index contributed by atoms with van der Waals surface area (Å²) in [7, 11) is 0. The van der Waals surface area contributed by atoms with Gasteiger partial charge in [-0.25, -0.2) is 9.59 Å². The maximum atomic E-state index is 12.1. The molecule has 0 aliphatic carbocycles. The molecule has 0 bridgehead atoms. The Morgan fingerprint density at radius 1 is 0.943 bits per heavy atom. The molecule has 0 aliphatic rings. The van der Waals surface area contributed by atoms with Crippen molar-refractivity contribution >= 4 is 29.7 Å². The lowest BCUT2D eigenvalue weighted by Crippen LogP contribution is -2.42. The quantitative estimate of drug-likeness (QED) is 0.173. The van der Waals surface area contributed by atoms with Gasteiger partial charge in [0.15, 0.2) is 0 Å². The summed E-state index contributed by atoms with van der Waals surface area (Å²) in [6.07, 6.45) is 10.8. The summed E-state index contributed by atoms with van der Waals surface area (Å²) in [5.74, 6) is -0.395. The molecular weight excluding hydrogens is 464 g/mol. The molecule has 0 aromatic heterocycles. The molecular formula is C27H46N2O5S. The van der Waals surface area contributed by atoms with Gasteiger partial charge in [0, 0.05) is 24.5 Å². The summed E-state index contributed by atoms with van der Waals surface area (Å²) in [5, 5.41) is 14.6. The number of alkyl carbamates (subject to hydrolysis) is 1. The Hall–Kier alpha value is -2.22. The standard InChI is InChI=1S/C27H46N2O5S/c1-20(2)11-8-12-21(3)13-9-14-22(4)16-18-35-19-23(25(31)32)29-24(30)15-10-17-28-26(33)34-27(5,6)7/h11,13,16,23H,8-10,12,14-15,17-19H2,1-7H3,(H,28,33)(H,29,30)(H,31,32)/t23-/m0/s1. The first-order valence-electron chi connectivity index (χ1n) is 12.3. The fourth-order valence-electron chi connectivity index (χ4n) is 2.92. The van der Waals surface area contributed by atoms with E-state index in [2.05, 4.69) is 56.6 Å². The topological polar surface area (TPSA) is 105 Å². The number of hydrogen-bond acceptors (Lipinski definition) is 5. The molecule has 0 saturated carbocycles. The van der Waals surface area contributed by atoms with Crippen LogP contribution in [0.25, 0.3) is 0 Å². The van der Waals surface area contributed by atoms with E-state index < -0.39 is 23.7 Å². The summed E-state index contributed by atoms with van der Waals surface area (Å²) >= 11 is 1.48. The van der Waals surface area contributed by atoms with Gasteiger partial charge in [0.1, 0.15) is 11.6 Å². The highest BCUT2D eigenvalue weighted by Gasteiger charge is 2.20. The Kier molecular flexibility index (Phi) is 17.0. The maximum absolute atomic E-state index is 12.1. The number of carbonyl (C=O) groups is 3. The second-order valence-electron chi connectivity index (χ2n) is 9.99. The number of nitrogens with one attached hydrogen (secondary N) is 2. The predicted molar refractivity (Wildman–Crippen MR) is 146 cm³/mol. The van der Waals surface area contributed by atoms with E-state index in [9.17, 15) is 19.5 Å². The first-order valence-corrected chi connectivity index (χ1v) is 13.5. The molecule has 200 valence electrons. The van der Waals surface area contributed by atoms with Crippen LogP contribution in [-0.2, 0) is 14.3 Å². The molecule has 35 heavy (non-hydrogen) atoms. The third-order valence-electron chi connectivity index (χ3n) is 4.84. The fourth-order valence-corrected chi connectivity index (χ4v) is 3.92. The monoisotopic (exact) mass is 510 g/mol. The Balaban J connectivity index is 4.21. The molecule has 0 aromatic carbocycles. The average Bonchev–Trinajstić information content (AvgIpc) is 2.71. The number of carboxylic acids is 1. The number of ether oxygens (including phenoxy) is 1. The number of amides is 2. The van der Waals surface area contributed by atoms with Crippen LogP contribution in [0.2, 0.25) is 0 Å². The third kappa shape index (κ3) is 20.8. The van der Waals surface area contributed by atoms with Crippen molar-refractivity contribution in [3.05, 3.63) is 34.9 Å². The molecule has 2 amide bonds. The summed E-state index contributed by atoms with van der Waals surface area (Å²) in [6, 6.07) is -0.939. The van der Waals surface area contributed by atoms with Gasteiger partial charge in [-0.15, -0.1) is 0 Å². The van der Waals surface area contributed by atoms with E-state index in [-0.39, 0.29) is 18.9 Å². The number of hydrogen-bond donors (Lipinski definition) is 3. The lowest BCUT2D eigenvalue weighted by molar-refractivity contribution is -0.141. The first kappa shape index (κ1) is 32.8. The van der Waals surface area contributed by atoms with Crippen LogP contribution in [0.3, 0.4) is 0 Å². The van der Waals surface area contributed by atoms with Crippen molar-refractivity contribution in [1.29, 1.82) is 0 Å². The molecule has 0 saturated heterocycles. The lowest BCUT2D eigenvalue weighted by atomic mass is 10.1. The molecule has 0 aromatic rings. The largest absolute Gasteiger partial charge is 0.480 e. The zero-order valence-corrected chi connectivity index (χ0v) is 23.5. The molecule has 1 atom stereocenters. The molecule has 8 heteroatoms. The van der Waals surface area contributed by atoms with Gasteiger partial charge < -0.3 is 20.5 Å². The van der Waals surface area contributed by atoms with Crippen LogP contribution >= 0.6 is 11.8 Å². The van der Waals surface area contributed by atoms with Crippen molar-refractivity contribution in [2.24, 2.45) is 0 Å². The van der Waals surface area contributed by atoms with Gasteiger partial charge in [-0.1, -0.05) is 34.9 Å². The summed E-state index contributed by atoms with van der Waals surface area (Å²) < 4.78 is 5.13. The summed E-state index contributed by atoms with van der Waals surface area (Å²) in [5.41, 5.74) is 3.46. The van der Waals surface area contributed by atoms with Gasteiger partial charge in [0.2, 0.25) is 5.91 Å². The molecule has 0 unspecified atom stereocenters. The summed E-state index contributed by atoms with van der Waals surface area (Å²) in [6.45, 7) is 14.1. The second kappa shape index (κ2) is 18.1. The molecule has 3 N–H and O–H groups in total. The Morgan fingerprint density at radius 3 is 2.11 bits per heavy atom. The number of aliphatic carboxylic acids is 1. The Morgan fingerprint density at radius 2 is 1.54 bits per heavy atom. The van der Waals surface area contributed by atoms with Gasteiger partial charge in [0.05, 0.1) is 0 Å². The molecule has 0 fully saturated rings. The van der Waals surface area contributed by atoms with Crippen LogP contribution in [0.15, 0.2) is 34.9 Å². The highest BCUT2D eigenvalue weighted by atomic mass is 32.2. The molecule has 7 nitrogen and oxygen atoms in total. The molecule has 0 radical (unpaired) electrons. The minimum atomic E-state index is -1.05. The van der Waals surface area contributed by atoms with E-state index in [1.54, 1.807) is 20.8 Å². The van der Waals surface area contributed by atoms with E-state index >= 15 is 0 Å². The van der Waals surface area contributed by atoms with Crippen molar-refractivity contribution in [3.63, 3.8) is 0 Å². The van der Waals surface area contributed by atoms with E-state index in [0.717, 1.165) is 25.7 Å². The fraction of sp³-hybridized carbons (Fsp3) is 0.667. The van der Waals surface area contributed by atoms with Gasteiger partial charge in [0.25, 0.3) is 0 Å². The van der Waals surface area contributed by atoms with Crippen molar-refractivity contribution in [1.82, 2.24) is 10.6 Å². The summed E-state index contributed by atoms with van der Waals surface area (Å²) in [4.78, 5) is 35.2. The van der Waals surface area contributed by atoms with Gasteiger partial charge in [-0.05, 0) is 80.6 Å². The zero-order valence-electron chi connectivity index (χ0n) is 22.7. The highest BCUT2D eigenvalue weighted by Crippen LogP contribution is 2.13. The van der Waals surface area contributed by atoms with E-state index in [0.29, 0.717) is 17.9 Å². The van der Waals surface area contributed by atoms with Gasteiger partial charge >= 0.3 is 12.1 Å². The van der Waals surface area contributed by atoms with Crippen LogP contribution in [0.5, 0.6) is 0 Å². The number of carboxylic acid groups (broad SMARTS) is 1. The van der Waals surface area contributed by atoms with Crippen LogP contribution in [0.4, 0.5) is 4.79 Å². The predicted octanol–water partition coefficient (Wildman–Crippen LogP) is 6.01. The molecule has 0 heterocycles. The molecule has 0 rings (SSSR count). The van der Waals surface area contributed by atoms with E-state index in [1.807, 2.05) is 0 Å².